The monoisotopic (exact) mass is 588 g/mol. The van der Waals surface area contributed by atoms with Gasteiger partial charge >= 0.3 is 5.97 Å². The number of allylic oxidation sites excluding steroid dienone is 3. The highest BCUT2D eigenvalue weighted by Gasteiger charge is 2.43. The molecule has 2 heterocycles. The Kier molecular flexibility index (Phi) is 10.3. The molecule has 1 saturated heterocycles. The maximum atomic E-state index is 13.0. The second-order valence-electron chi connectivity index (χ2n) is 10.7. The van der Waals surface area contributed by atoms with Crippen LogP contribution in [0.3, 0.4) is 0 Å². The molecule has 0 aliphatic carbocycles. The van der Waals surface area contributed by atoms with Crippen molar-refractivity contribution in [1.29, 1.82) is 0 Å². The molecule has 2 N–H and O–H groups in total. The summed E-state index contributed by atoms with van der Waals surface area (Å²) in [6.07, 6.45) is 3.09. The summed E-state index contributed by atoms with van der Waals surface area (Å²) < 4.78 is 19.4. The lowest BCUT2D eigenvalue weighted by Gasteiger charge is -2.37. The number of carbonyl (C=O) groups is 1. The highest BCUT2D eigenvalue weighted by Crippen LogP contribution is 2.41. The van der Waals surface area contributed by atoms with Gasteiger partial charge < -0.3 is 24.4 Å². The summed E-state index contributed by atoms with van der Waals surface area (Å²) in [6, 6.07) is 30.2. The Morgan fingerprint density at radius 3 is 2.00 bits per heavy atom. The van der Waals surface area contributed by atoms with E-state index in [4.69, 9.17) is 25.8 Å². The van der Waals surface area contributed by atoms with Gasteiger partial charge in [-0.15, -0.1) is 0 Å². The number of aliphatic hydroxyl groups is 2. The molecule has 6 nitrogen and oxygen atoms in total. The van der Waals surface area contributed by atoms with Crippen LogP contribution in [0.25, 0.3) is 0 Å². The van der Waals surface area contributed by atoms with Crippen molar-refractivity contribution >= 4 is 17.6 Å². The van der Waals surface area contributed by atoms with Crippen LogP contribution in [0.4, 0.5) is 0 Å². The first-order valence-electron chi connectivity index (χ1n) is 14.5. The molecule has 2 aliphatic rings. The predicted molar refractivity (Wildman–Crippen MR) is 162 cm³/mol. The second-order valence-corrected chi connectivity index (χ2v) is 11.2. The van der Waals surface area contributed by atoms with Crippen LogP contribution in [0.2, 0.25) is 0 Å². The van der Waals surface area contributed by atoms with Crippen LogP contribution >= 0.6 is 11.6 Å². The van der Waals surface area contributed by atoms with Gasteiger partial charge in [-0.05, 0) is 41.5 Å². The zero-order chi connectivity index (χ0) is 29.4. The molecule has 0 aromatic heterocycles. The van der Waals surface area contributed by atoms with Gasteiger partial charge in [-0.25, -0.2) is 0 Å². The molecule has 0 amide bonds. The molecule has 7 heteroatoms. The van der Waals surface area contributed by atoms with Crippen LogP contribution in [-0.4, -0.2) is 53.8 Å². The van der Waals surface area contributed by atoms with Gasteiger partial charge in [-0.1, -0.05) is 115 Å². The molecule has 220 valence electrons. The minimum Gasteiger partial charge on any atom is -0.459 e. The van der Waals surface area contributed by atoms with E-state index in [9.17, 15) is 15.0 Å². The lowest BCUT2D eigenvalue weighted by Crippen LogP contribution is -2.39. The summed E-state index contributed by atoms with van der Waals surface area (Å²) in [5.74, 6) is -0.549. The molecule has 42 heavy (non-hydrogen) atoms. The summed E-state index contributed by atoms with van der Waals surface area (Å²) in [6.45, 7) is -0.202. The van der Waals surface area contributed by atoms with Crippen LogP contribution in [0, 0.1) is 0 Å². The molecule has 0 radical (unpaired) electrons. The summed E-state index contributed by atoms with van der Waals surface area (Å²) >= 11 is 6.48. The van der Waals surface area contributed by atoms with Crippen LogP contribution in [0.5, 0.6) is 0 Å². The first-order chi connectivity index (χ1) is 20.5. The van der Waals surface area contributed by atoms with Crippen LogP contribution < -0.4 is 0 Å². The van der Waals surface area contributed by atoms with Gasteiger partial charge in [0.2, 0.25) is 0 Å². The van der Waals surface area contributed by atoms with E-state index in [-0.39, 0.29) is 25.7 Å². The number of ether oxygens (including phenoxy) is 3. The topological polar surface area (TPSA) is 85.2 Å². The Hall–Kier alpha value is -3.26. The molecule has 2 bridgehead atoms. The van der Waals surface area contributed by atoms with E-state index in [0.717, 1.165) is 16.7 Å². The zero-order valence-electron chi connectivity index (χ0n) is 23.5. The quantitative estimate of drug-likeness (QED) is 0.199. The molecule has 5 rings (SSSR count). The number of benzene rings is 3. The Labute approximate surface area is 252 Å². The van der Waals surface area contributed by atoms with Crippen molar-refractivity contribution in [3.05, 3.63) is 130 Å². The fourth-order valence-corrected chi connectivity index (χ4v) is 5.98. The summed E-state index contributed by atoms with van der Waals surface area (Å²) in [7, 11) is 0. The third-order valence-corrected chi connectivity index (χ3v) is 8.30. The molecule has 4 atom stereocenters. The number of hydrogen-bond donors (Lipinski definition) is 2. The Morgan fingerprint density at radius 1 is 0.881 bits per heavy atom. The summed E-state index contributed by atoms with van der Waals surface area (Å²) in [5.41, 5.74) is 2.32. The predicted octanol–water partition coefficient (Wildman–Crippen LogP) is 6.04. The van der Waals surface area contributed by atoms with Crippen LogP contribution in [0.1, 0.15) is 48.8 Å². The second kappa shape index (κ2) is 14.3. The Morgan fingerprint density at radius 2 is 1.45 bits per heavy atom. The molecule has 2 aliphatic heterocycles. The number of carbonyl (C=O) groups excluding carboxylic acids is 1. The first-order valence-corrected chi connectivity index (χ1v) is 14.8. The van der Waals surface area contributed by atoms with Crippen LogP contribution in [0.15, 0.2) is 114 Å². The SMILES string of the molecule is O=C1C[C@@H](O)/C(CO)=C\C/C=C(\Cl)CC[C@@H]2C[C@@H](O1)[C@@H](COC(c1ccccc1)(c1ccccc1)c1ccccc1)O2. The minimum absolute atomic E-state index is 0.154. The molecule has 3 aromatic rings. The van der Waals surface area contributed by atoms with E-state index < -0.39 is 29.9 Å². The Bertz CT molecular complexity index is 1260. The van der Waals surface area contributed by atoms with E-state index in [1.165, 1.54) is 0 Å². The number of aliphatic hydroxyl groups excluding tert-OH is 2. The van der Waals surface area contributed by atoms with Crippen molar-refractivity contribution in [2.75, 3.05) is 13.2 Å². The summed E-state index contributed by atoms with van der Waals surface area (Å²) in [4.78, 5) is 13.0. The Balaban J connectivity index is 1.46. The number of esters is 1. The summed E-state index contributed by atoms with van der Waals surface area (Å²) in [5, 5.41) is 21.0. The molecule has 0 unspecified atom stereocenters. The maximum absolute atomic E-state index is 13.0. The third kappa shape index (κ3) is 7.02. The zero-order valence-corrected chi connectivity index (χ0v) is 24.2. The molecular weight excluding hydrogens is 552 g/mol. The minimum atomic E-state index is -1.15. The maximum Gasteiger partial charge on any atom is 0.309 e. The number of fused-ring (bicyclic) bond motifs is 2. The van der Waals surface area contributed by atoms with Crippen molar-refractivity contribution in [3.63, 3.8) is 0 Å². The van der Waals surface area contributed by atoms with Gasteiger partial charge in [-0.2, -0.15) is 0 Å². The van der Waals surface area contributed by atoms with Crippen molar-refractivity contribution in [2.45, 2.75) is 62.1 Å². The lowest BCUT2D eigenvalue weighted by atomic mass is 9.80. The standard InChI is InChI=1S/C35H37ClO6/c36-29-18-10-11-25(23-37)31(38)22-34(39)42-32-21-30(20-19-29)41-33(32)24-40-35(26-12-4-1-5-13-26,27-14-6-2-7-15-27)28-16-8-3-9-17-28/h1-9,11-18,30-33,37-38H,10,19-24H2/b25-11-,29-18-/t30-,31-,32-,33-/m1/s1. The number of halogens is 1. The average Bonchev–Trinajstić information content (AvgIpc) is 3.40. The fraction of sp³-hybridized carbons (Fsp3) is 0.343. The van der Waals surface area contributed by atoms with Gasteiger partial charge in [0.15, 0.2) is 0 Å². The van der Waals surface area contributed by atoms with E-state index in [2.05, 4.69) is 36.4 Å². The van der Waals surface area contributed by atoms with E-state index in [1.807, 2.05) is 60.7 Å². The molecule has 3 aromatic carbocycles. The number of hydrogen-bond acceptors (Lipinski definition) is 6. The third-order valence-electron chi connectivity index (χ3n) is 7.96. The highest BCUT2D eigenvalue weighted by molar-refractivity contribution is 6.29. The van der Waals surface area contributed by atoms with Crippen molar-refractivity contribution in [1.82, 2.24) is 0 Å². The molecule has 0 spiro atoms. The highest BCUT2D eigenvalue weighted by atomic mass is 35.5. The van der Waals surface area contributed by atoms with Gasteiger partial charge in [0.25, 0.3) is 0 Å². The van der Waals surface area contributed by atoms with Gasteiger partial charge in [-0.3, -0.25) is 4.79 Å². The van der Waals surface area contributed by atoms with Crippen molar-refractivity contribution in [2.24, 2.45) is 0 Å². The fourth-order valence-electron chi connectivity index (χ4n) is 5.78. The molecular formula is C35H37ClO6. The molecule has 0 saturated carbocycles. The van der Waals surface area contributed by atoms with E-state index in [0.29, 0.717) is 36.3 Å². The normalized spacial score (nSPS) is 26.3. The van der Waals surface area contributed by atoms with E-state index in [1.54, 1.807) is 6.08 Å². The van der Waals surface area contributed by atoms with Gasteiger partial charge in [0, 0.05) is 11.5 Å². The lowest BCUT2D eigenvalue weighted by molar-refractivity contribution is -0.157. The molecule has 1 fully saturated rings. The van der Waals surface area contributed by atoms with Crippen LogP contribution in [-0.2, 0) is 24.6 Å². The van der Waals surface area contributed by atoms with Crippen molar-refractivity contribution in [3.8, 4) is 0 Å². The first kappa shape index (κ1) is 30.2. The number of rotatable bonds is 7. The smallest absolute Gasteiger partial charge is 0.309 e. The van der Waals surface area contributed by atoms with E-state index >= 15 is 0 Å². The van der Waals surface area contributed by atoms with Crippen molar-refractivity contribution < 1.29 is 29.2 Å². The largest absolute Gasteiger partial charge is 0.459 e. The van der Waals surface area contributed by atoms with Gasteiger partial charge in [0.05, 0.1) is 31.8 Å². The van der Waals surface area contributed by atoms with Gasteiger partial charge in [0.1, 0.15) is 17.8 Å². The average molecular weight is 589 g/mol.